The predicted molar refractivity (Wildman–Crippen MR) is 129 cm³/mol. The lowest BCUT2D eigenvalue weighted by Crippen LogP contribution is -2.50. The Kier molecular flexibility index (Phi) is 5.87. The first-order valence-corrected chi connectivity index (χ1v) is 11.9. The molecule has 0 spiro atoms. The van der Waals surface area contributed by atoms with E-state index in [1.54, 1.807) is 24.3 Å². The molecule has 4 N–H and O–H groups in total. The summed E-state index contributed by atoms with van der Waals surface area (Å²) in [6.45, 7) is 1.78. The van der Waals surface area contributed by atoms with E-state index in [0.717, 1.165) is 36.3 Å². The van der Waals surface area contributed by atoms with E-state index in [-0.39, 0.29) is 17.4 Å². The average molecular weight is 479 g/mol. The highest BCUT2D eigenvalue weighted by Crippen LogP contribution is 2.41. The minimum absolute atomic E-state index is 0.0910. The van der Waals surface area contributed by atoms with Gasteiger partial charge in [-0.2, -0.15) is 0 Å². The summed E-state index contributed by atoms with van der Waals surface area (Å²) >= 11 is 6.24. The summed E-state index contributed by atoms with van der Waals surface area (Å²) in [7, 11) is 0. The molecule has 2 amide bonds. The fourth-order valence-electron chi connectivity index (χ4n) is 5.35. The summed E-state index contributed by atoms with van der Waals surface area (Å²) in [5, 5.41) is 9.21. The molecule has 5 rings (SSSR count). The van der Waals surface area contributed by atoms with Crippen LogP contribution in [0.2, 0.25) is 5.02 Å². The molecule has 176 valence electrons. The zero-order valence-corrected chi connectivity index (χ0v) is 19.5. The molecule has 2 aliphatic rings. The van der Waals surface area contributed by atoms with Gasteiger partial charge in [0.15, 0.2) is 5.82 Å². The number of primary amides is 1. The second kappa shape index (κ2) is 8.85. The molecule has 1 aliphatic carbocycles. The molecule has 1 aliphatic heterocycles. The fourth-order valence-corrected chi connectivity index (χ4v) is 5.54. The number of benzene rings is 2. The number of hydrogen-bond acceptors (Lipinski definition) is 5. The lowest BCUT2D eigenvalue weighted by Gasteiger charge is -2.44. The molecular formula is C25H27ClN6O2. The molecule has 9 heteroatoms. The third-order valence-corrected chi connectivity index (χ3v) is 7.61. The number of aromatic nitrogens is 3. The van der Waals surface area contributed by atoms with Crippen LogP contribution in [0.4, 0.5) is 0 Å². The van der Waals surface area contributed by atoms with Gasteiger partial charge in [0.05, 0.1) is 0 Å². The zero-order valence-electron chi connectivity index (χ0n) is 18.8. The summed E-state index contributed by atoms with van der Waals surface area (Å²) < 4.78 is 1.86. The van der Waals surface area contributed by atoms with E-state index < -0.39 is 5.91 Å². The highest BCUT2D eigenvalue weighted by atomic mass is 35.5. The SMILES string of the molecule is NC[C@]1(c2cccc(Cl)c2)CC[C@@H](N2CCn3c(nnc3-c3ccc(C(N)=O)cc3)C2=O)CC1. The number of halogens is 1. The van der Waals surface area contributed by atoms with E-state index in [0.29, 0.717) is 36.8 Å². The largest absolute Gasteiger partial charge is 0.366 e. The minimum atomic E-state index is -0.484. The van der Waals surface area contributed by atoms with Crippen molar-refractivity contribution >= 4 is 23.4 Å². The Labute approximate surface area is 202 Å². The Morgan fingerprint density at radius 1 is 1.06 bits per heavy atom. The van der Waals surface area contributed by atoms with Gasteiger partial charge in [0.2, 0.25) is 11.7 Å². The standard InChI is InChI=1S/C25H27ClN6O2/c26-19-3-1-2-18(14-19)25(15-27)10-8-20(9-11-25)31-12-13-32-22(29-30-23(32)24(31)34)17-6-4-16(5-7-17)21(28)33/h1-7,14,20H,8-13,15,27H2,(H2,28,33)/t20-,25+. The third kappa shape index (κ3) is 3.86. The van der Waals surface area contributed by atoms with Crippen LogP contribution >= 0.6 is 11.6 Å². The van der Waals surface area contributed by atoms with E-state index in [2.05, 4.69) is 16.3 Å². The molecule has 0 radical (unpaired) electrons. The lowest BCUT2D eigenvalue weighted by molar-refractivity contribution is 0.0523. The van der Waals surface area contributed by atoms with Gasteiger partial charge in [-0.25, -0.2) is 0 Å². The lowest BCUT2D eigenvalue weighted by atomic mass is 9.68. The van der Waals surface area contributed by atoms with Gasteiger partial charge in [0, 0.05) is 47.2 Å². The van der Waals surface area contributed by atoms with Crippen LogP contribution in [0.5, 0.6) is 0 Å². The Balaban J connectivity index is 1.32. The highest BCUT2D eigenvalue weighted by Gasteiger charge is 2.40. The van der Waals surface area contributed by atoms with Crippen molar-refractivity contribution in [3.63, 3.8) is 0 Å². The maximum absolute atomic E-state index is 13.3. The molecule has 1 aromatic heterocycles. The van der Waals surface area contributed by atoms with E-state index in [4.69, 9.17) is 23.1 Å². The number of carbonyl (C=O) groups excluding carboxylic acids is 2. The average Bonchev–Trinajstić information content (AvgIpc) is 3.30. The highest BCUT2D eigenvalue weighted by molar-refractivity contribution is 6.30. The molecule has 1 saturated carbocycles. The van der Waals surface area contributed by atoms with Gasteiger partial charge >= 0.3 is 0 Å². The number of amides is 2. The molecule has 0 bridgehead atoms. The van der Waals surface area contributed by atoms with Gasteiger partial charge in [0.25, 0.3) is 5.91 Å². The van der Waals surface area contributed by atoms with Crippen molar-refractivity contribution in [3.05, 3.63) is 70.5 Å². The monoisotopic (exact) mass is 478 g/mol. The van der Waals surface area contributed by atoms with Crippen molar-refractivity contribution in [2.75, 3.05) is 13.1 Å². The fraction of sp³-hybridized carbons (Fsp3) is 0.360. The Bertz CT molecular complexity index is 1230. The van der Waals surface area contributed by atoms with E-state index in [1.165, 1.54) is 5.56 Å². The number of fused-ring (bicyclic) bond motifs is 1. The van der Waals surface area contributed by atoms with Crippen LogP contribution in [0.3, 0.4) is 0 Å². The Morgan fingerprint density at radius 3 is 2.41 bits per heavy atom. The van der Waals surface area contributed by atoms with Gasteiger partial charge in [-0.1, -0.05) is 35.9 Å². The number of nitrogens with zero attached hydrogens (tertiary/aromatic N) is 4. The van der Waals surface area contributed by atoms with Crippen molar-refractivity contribution in [1.29, 1.82) is 0 Å². The minimum Gasteiger partial charge on any atom is -0.366 e. The number of carbonyl (C=O) groups is 2. The molecule has 2 heterocycles. The molecule has 0 atom stereocenters. The predicted octanol–water partition coefficient (Wildman–Crippen LogP) is 2.99. The van der Waals surface area contributed by atoms with Crippen LogP contribution in [0.25, 0.3) is 11.4 Å². The van der Waals surface area contributed by atoms with Crippen LogP contribution in [-0.4, -0.2) is 50.6 Å². The second-order valence-corrected chi connectivity index (χ2v) is 9.60. The molecule has 34 heavy (non-hydrogen) atoms. The van der Waals surface area contributed by atoms with Crippen molar-refractivity contribution in [2.24, 2.45) is 11.5 Å². The summed E-state index contributed by atoms with van der Waals surface area (Å²) in [5.74, 6) is 0.394. The van der Waals surface area contributed by atoms with Crippen LogP contribution < -0.4 is 11.5 Å². The quantitative estimate of drug-likeness (QED) is 0.584. The third-order valence-electron chi connectivity index (χ3n) is 7.38. The van der Waals surface area contributed by atoms with Gasteiger partial charge in [-0.3, -0.25) is 9.59 Å². The van der Waals surface area contributed by atoms with E-state index in [9.17, 15) is 9.59 Å². The van der Waals surface area contributed by atoms with Crippen LogP contribution in [0.1, 0.15) is 52.2 Å². The van der Waals surface area contributed by atoms with Crippen molar-refractivity contribution in [1.82, 2.24) is 19.7 Å². The molecule has 2 aromatic carbocycles. The molecule has 0 saturated heterocycles. The number of hydrogen-bond donors (Lipinski definition) is 2. The summed E-state index contributed by atoms with van der Waals surface area (Å²) in [6, 6.07) is 15.0. The molecule has 1 fully saturated rings. The maximum atomic E-state index is 13.3. The van der Waals surface area contributed by atoms with E-state index >= 15 is 0 Å². The van der Waals surface area contributed by atoms with Crippen LogP contribution in [-0.2, 0) is 12.0 Å². The Morgan fingerprint density at radius 2 is 1.76 bits per heavy atom. The van der Waals surface area contributed by atoms with Gasteiger partial charge < -0.3 is 20.9 Å². The van der Waals surface area contributed by atoms with Gasteiger partial charge in [0.1, 0.15) is 0 Å². The summed E-state index contributed by atoms with van der Waals surface area (Å²) in [5.41, 5.74) is 13.9. The molecular weight excluding hydrogens is 452 g/mol. The number of nitrogens with two attached hydrogens (primary N) is 2. The van der Waals surface area contributed by atoms with Gasteiger partial charge in [-0.15, -0.1) is 10.2 Å². The van der Waals surface area contributed by atoms with Crippen LogP contribution in [0.15, 0.2) is 48.5 Å². The smallest absolute Gasteiger partial charge is 0.292 e. The molecule has 8 nitrogen and oxygen atoms in total. The zero-order chi connectivity index (χ0) is 23.9. The normalized spacial score (nSPS) is 22.5. The first-order valence-electron chi connectivity index (χ1n) is 11.5. The first-order chi connectivity index (χ1) is 16.4. The first kappa shape index (κ1) is 22.6. The van der Waals surface area contributed by atoms with E-state index in [1.807, 2.05) is 27.7 Å². The summed E-state index contributed by atoms with van der Waals surface area (Å²) in [6.07, 6.45) is 3.57. The maximum Gasteiger partial charge on any atom is 0.292 e. The summed E-state index contributed by atoms with van der Waals surface area (Å²) in [4.78, 5) is 26.6. The van der Waals surface area contributed by atoms with Crippen molar-refractivity contribution in [3.8, 4) is 11.4 Å². The van der Waals surface area contributed by atoms with Crippen molar-refractivity contribution in [2.45, 2.75) is 43.7 Å². The molecule has 3 aromatic rings. The van der Waals surface area contributed by atoms with Crippen LogP contribution in [0, 0.1) is 0 Å². The molecule has 0 unspecified atom stereocenters. The van der Waals surface area contributed by atoms with Crippen molar-refractivity contribution < 1.29 is 9.59 Å². The van der Waals surface area contributed by atoms with Gasteiger partial charge in [-0.05, 0) is 55.5 Å². The Hall–Kier alpha value is -3.23. The second-order valence-electron chi connectivity index (χ2n) is 9.16. The number of rotatable bonds is 5. The topological polar surface area (TPSA) is 120 Å².